The summed E-state index contributed by atoms with van der Waals surface area (Å²) in [6.45, 7) is 13.6. The highest BCUT2D eigenvalue weighted by atomic mass is 32.1. The molecule has 2 aliphatic heterocycles. The molecule has 0 unspecified atom stereocenters. The van der Waals surface area contributed by atoms with E-state index in [1.54, 1.807) is 0 Å². The Bertz CT molecular complexity index is 3780. The third-order valence-electron chi connectivity index (χ3n) is 14.4. The van der Waals surface area contributed by atoms with E-state index in [9.17, 15) is 0 Å². The van der Waals surface area contributed by atoms with Crippen molar-refractivity contribution in [2.75, 3.05) is 9.71 Å². The van der Waals surface area contributed by atoms with E-state index in [2.05, 4.69) is 239 Å². The van der Waals surface area contributed by atoms with Gasteiger partial charge >= 0.3 is 6.85 Å². The number of thiophene rings is 1. The molecule has 0 aliphatic carbocycles. The van der Waals surface area contributed by atoms with Gasteiger partial charge in [-0.25, -0.2) is 0 Å². The van der Waals surface area contributed by atoms with Gasteiger partial charge in [0.05, 0.1) is 5.69 Å². The van der Waals surface area contributed by atoms with Gasteiger partial charge in [0.15, 0.2) is 0 Å². The van der Waals surface area contributed by atoms with Crippen molar-refractivity contribution in [3.8, 4) is 33.4 Å². The third-order valence-corrected chi connectivity index (χ3v) is 15.6. The van der Waals surface area contributed by atoms with Crippen LogP contribution < -0.4 is 20.6 Å². The second-order valence-electron chi connectivity index (χ2n) is 20.5. The molecule has 2 aromatic heterocycles. The lowest BCUT2D eigenvalue weighted by atomic mass is 9.43. The van der Waals surface area contributed by atoms with Crippen LogP contribution in [0.15, 0.2) is 192 Å². The lowest BCUT2D eigenvalue weighted by Crippen LogP contribution is -2.61. The number of hydrogen-bond acceptors (Lipinski definition) is 4. The normalized spacial score (nSPS) is 13.4. The van der Waals surface area contributed by atoms with Crippen LogP contribution in [0, 0.1) is 0 Å². The monoisotopic (exact) mass is 880 g/mol. The molecule has 0 N–H and O–H groups in total. The summed E-state index contributed by atoms with van der Waals surface area (Å²) in [6.07, 6.45) is 0. The average molecular weight is 881 g/mol. The molecule has 67 heavy (non-hydrogen) atoms. The van der Waals surface area contributed by atoms with E-state index in [1.165, 1.54) is 81.5 Å². The maximum Gasteiger partial charge on any atom is 0.337 e. The SMILES string of the molecule is CC(C)(C)c1ccc(N2B3c4c(cc5c(sc6ccccc65)c4-c4ccc(-c5ccccc5)cc42)N(c2ccc(C(C)(C)C)cc2-c2ccccc2)c2ccc4c(oc5ccccc54)c23)cc1. The summed E-state index contributed by atoms with van der Waals surface area (Å²) in [4.78, 5) is 5.23. The van der Waals surface area contributed by atoms with Crippen LogP contribution in [0.2, 0.25) is 0 Å². The fourth-order valence-electron chi connectivity index (χ4n) is 11.0. The van der Waals surface area contributed by atoms with Crippen molar-refractivity contribution < 1.29 is 4.42 Å². The van der Waals surface area contributed by atoms with Crippen LogP contribution in [0.1, 0.15) is 52.7 Å². The number of para-hydroxylation sites is 1. The summed E-state index contributed by atoms with van der Waals surface area (Å²) in [5.41, 5.74) is 19.9. The van der Waals surface area contributed by atoms with Gasteiger partial charge in [-0.3, -0.25) is 0 Å². The second-order valence-corrected chi connectivity index (χ2v) is 21.5. The molecule has 0 saturated heterocycles. The molecule has 4 heterocycles. The molecule has 9 aromatic carbocycles. The van der Waals surface area contributed by atoms with Gasteiger partial charge in [0.2, 0.25) is 0 Å². The first-order valence-electron chi connectivity index (χ1n) is 23.5. The van der Waals surface area contributed by atoms with Crippen molar-refractivity contribution in [1.82, 2.24) is 0 Å². The molecule has 11 aromatic rings. The fourth-order valence-corrected chi connectivity index (χ4v) is 12.2. The molecule has 2 aliphatic rings. The van der Waals surface area contributed by atoms with Gasteiger partial charge in [-0.2, -0.15) is 0 Å². The van der Waals surface area contributed by atoms with Crippen LogP contribution in [0.5, 0.6) is 0 Å². The highest BCUT2D eigenvalue weighted by Crippen LogP contribution is 2.54. The van der Waals surface area contributed by atoms with Crippen molar-refractivity contribution in [2.24, 2.45) is 0 Å². The zero-order valence-electron chi connectivity index (χ0n) is 38.7. The van der Waals surface area contributed by atoms with Gasteiger partial charge in [0, 0.05) is 75.8 Å². The van der Waals surface area contributed by atoms with Crippen LogP contribution in [0.3, 0.4) is 0 Å². The highest BCUT2D eigenvalue weighted by molar-refractivity contribution is 7.26. The number of benzene rings is 9. The van der Waals surface area contributed by atoms with Crippen molar-refractivity contribution in [1.29, 1.82) is 0 Å². The lowest BCUT2D eigenvalue weighted by molar-refractivity contribution is 0.590. The van der Waals surface area contributed by atoms with Gasteiger partial charge < -0.3 is 14.1 Å². The Kier molecular flexibility index (Phi) is 8.70. The molecule has 13 rings (SSSR count). The van der Waals surface area contributed by atoms with E-state index in [0.29, 0.717) is 0 Å². The number of nitrogens with zero attached hydrogens (tertiary/aromatic N) is 2. The molecule has 0 bridgehead atoms. The number of hydrogen-bond donors (Lipinski definition) is 0. The third kappa shape index (κ3) is 6.10. The van der Waals surface area contributed by atoms with Crippen molar-refractivity contribution in [3.05, 3.63) is 199 Å². The van der Waals surface area contributed by atoms with E-state index < -0.39 is 0 Å². The number of furan rings is 1. The molecule has 322 valence electrons. The van der Waals surface area contributed by atoms with Crippen LogP contribution >= 0.6 is 11.3 Å². The van der Waals surface area contributed by atoms with Crippen LogP contribution in [-0.4, -0.2) is 6.85 Å². The summed E-state index contributed by atoms with van der Waals surface area (Å²) in [7, 11) is 0. The minimum Gasteiger partial charge on any atom is -0.456 e. The Morgan fingerprint density at radius 2 is 1.10 bits per heavy atom. The number of fused-ring (bicyclic) bond motifs is 12. The second kappa shape index (κ2) is 14.6. The van der Waals surface area contributed by atoms with Gasteiger partial charge in [-0.1, -0.05) is 169 Å². The standard InChI is InChI=1S/C62H49BN2OS/c1-61(2,3)41-26-29-43(30-27-41)65-52-35-40(38-17-9-7-10-18-38)25-31-47(52)56-57-53(37-49-45-22-14-16-24-55(45)67-60(49)56)64(50-33-28-42(62(4,5)6)36-48(50)39-19-11-8-12-20-39)51-34-32-46-44-21-13-15-23-54(44)66-59(46)58(51)63(57)65/h7-37H,1-6H3. The lowest BCUT2D eigenvalue weighted by Gasteiger charge is -2.46. The Morgan fingerprint density at radius 1 is 0.448 bits per heavy atom. The van der Waals surface area contributed by atoms with Crippen molar-refractivity contribution in [2.45, 2.75) is 52.4 Å². The van der Waals surface area contributed by atoms with Gasteiger partial charge in [-0.05, 0) is 105 Å². The van der Waals surface area contributed by atoms with Crippen LogP contribution in [0.4, 0.5) is 28.4 Å². The maximum absolute atomic E-state index is 7.24. The Balaban J connectivity index is 1.22. The smallest absolute Gasteiger partial charge is 0.337 e. The quantitative estimate of drug-likeness (QED) is 0.164. The molecule has 0 amide bonds. The Hall–Kier alpha value is -7.34. The van der Waals surface area contributed by atoms with Gasteiger partial charge in [-0.15, -0.1) is 11.3 Å². The summed E-state index contributed by atoms with van der Waals surface area (Å²) in [6, 6.07) is 70.2. The first-order chi connectivity index (χ1) is 32.5. The van der Waals surface area contributed by atoms with E-state index >= 15 is 0 Å². The summed E-state index contributed by atoms with van der Waals surface area (Å²) in [5.74, 6) is 0. The summed E-state index contributed by atoms with van der Waals surface area (Å²) >= 11 is 1.92. The zero-order valence-corrected chi connectivity index (χ0v) is 39.5. The van der Waals surface area contributed by atoms with Crippen molar-refractivity contribution >= 4 is 99.7 Å². The molecule has 0 saturated carbocycles. The maximum atomic E-state index is 7.24. The topological polar surface area (TPSA) is 19.6 Å². The predicted molar refractivity (Wildman–Crippen MR) is 289 cm³/mol. The van der Waals surface area contributed by atoms with Gasteiger partial charge in [0.25, 0.3) is 0 Å². The highest BCUT2D eigenvalue weighted by Gasteiger charge is 2.48. The molecule has 0 fully saturated rings. The first-order valence-corrected chi connectivity index (χ1v) is 24.3. The first kappa shape index (κ1) is 40.0. The number of anilines is 5. The van der Waals surface area contributed by atoms with Crippen LogP contribution in [-0.2, 0) is 10.8 Å². The summed E-state index contributed by atoms with van der Waals surface area (Å²) in [5, 5.41) is 4.81. The zero-order chi connectivity index (χ0) is 45.3. The summed E-state index contributed by atoms with van der Waals surface area (Å²) < 4.78 is 9.84. The van der Waals surface area contributed by atoms with Crippen molar-refractivity contribution in [3.63, 3.8) is 0 Å². The van der Waals surface area contributed by atoms with Gasteiger partial charge in [0.1, 0.15) is 11.2 Å². The molecule has 0 spiro atoms. The molecular formula is C62H49BN2OS. The molecule has 0 atom stereocenters. The Labute approximate surface area is 396 Å². The molecule has 3 nitrogen and oxygen atoms in total. The molecular weight excluding hydrogens is 832 g/mol. The largest absolute Gasteiger partial charge is 0.456 e. The molecule has 0 radical (unpaired) electrons. The van der Waals surface area contributed by atoms with E-state index in [4.69, 9.17) is 4.42 Å². The van der Waals surface area contributed by atoms with E-state index in [-0.39, 0.29) is 17.7 Å². The van der Waals surface area contributed by atoms with Crippen LogP contribution in [0.25, 0.3) is 75.5 Å². The predicted octanol–water partition coefficient (Wildman–Crippen LogP) is 16.6. The minimum atomic E-state index is -0.247. The Morgan fingerprint density at radius 3 is 1.85 bits per heavy atom. The number of rotatable bonds is 4. The van der Waals surface area contributed by atoms with E-state index in [0.717, 1.165) is 44.5 Å². The average Bonchev–Trinajstić information content (AvgIpc) is 3.92. The van der Waals surface area contributed by atoms with E-state index in [1.807, 2.05) is 11.3 Å². The minimum absolute atomic E-state index is 0.00272. The fraction of sp³-hybridized carbons (Fsp3) is 0.129. The molecule has 5 heteroatoms.